The molecular weight excluding hydrogens is 618 g/mol. The monoisotopic (exact) mass is 659 g/mol. The van der Waals surface area contributed by atoms with Gasteiger partial charge in [-0.1, -0.05) is 42.8 Å². The molecule has 3 aromatic rings. The number of nitrogens with zero attached hydrogens (tertiary/aromatic N) is 2. The zero-order valence-electron chi connectivity index (χ0n) is 27.0. The number of halogens is 1. The first-order valence-electron chi connectivity index (χ1n) is 14.4. The van der Waals surface area contributed by atoms with Crippen molar-refractivity contribution in [2.45, 2.75) is 64.1 Å². The standard InChI is InChI=1S/C33H42ClN3O7S/c1-9-26(32(39)35-33(3,4)5)36(20-23-13-11-10-12-22(23)2)31(38)21-37(27-18-24(34)14-16-28(27)42-6)45(40,41)25-15-17-29(43-7)30(19-25)44-8/h10-19,26H,9,20-21H2,1-8H3,(H,35,39)/t26-/m0/s1. The molecule has 0 aromatic heterocycles. The van der Waals surface area contributed by atoms with E-state index in [0.29, 0.717) is 12.2 Å². The van der Waals surface area contributed by atoms with Crippen molar-refractivity contribution in [1.29, 1.82) is 0 Å². The molecule has 0 heterocycles. The molecule has 0 saturated carbocycles. The van der Waals surface area contributed by atoms with Crippen LogP contribution >= 0.6 is 11.6 Å². The van der Waals surface area contributed by atoms with Gasteiger partial charge in [-0.05, 0) is 75.6 Å². The lowest BCUT2D eigenvalue weighted by Gasteiger charge is -2.35. The normalized spacial score (nSPS) is 12.2. The van der Waals surface area contributed by atoms with E-state index in [1.165, 1.54) is 56.6 Å². The van der Waals surface area contributed by atoms with Crippen LogP contribution in [-0.2, 0) is 26.2 Å². The number of hydrogen-bond acceptors (Lipinski definition) is 7. The number of hydrogen-bond donors (Lipinski definition) is 1. The molecule has 244 valence electrons. The van der Waals surface area contributed by atoms with Gasteiger partial charge in [-0.15, -0.1) is 0 Å². The summed E-state index contributed by atoms with van der Waals surface area (Å²) in [5.74, 6) is -0.241. The third kappa shape index (κ3) is 8.61. The lowest BCUT2D eigenvalue weighted by atomic mass is 10.0. The number of ether oxygens (including phenoxy) is 3. The Balaban J connectivity index is 2.20. The Morgan fingerprint density at radius 1 is 0.911 bits per heavy atom. The Morgan fingerprint density at radius 3 is 2.11 bits per heavy atom. The third-order valence-electron chi connectivity index (χ3n) is 7.12. The summed E-state index contributed by atoms with van der Waals surface area (Å²) in [4.78, 5) is 29.3. The fraction of sp³-hybridized carbons (Fsp3) is 0.394. The SMILES string of the molecule is CC[C@@H](C(=O)NC(C)(C)C)N(Cc1ccccc1C)C(=O)CN(c1cc(Cl)ccc1OC)S(=O)(=O)c1ccc(OC)c(OC)c1. The molecule has 0 unspecified atom stereocenters. The molecular formula is C33H42ClN3O7S. The van der Waals surface area contributed by atoms with Gasteiger partial charge in [-0.25, -0.2) is 8.42 Å². The summed E-state index contributed by atoms with van der Waals surface area (Å²) in [7, 11) is -0.211. The minimum Gasteiger partial charge on any atom is -0.495 e. The molecule has 1 N–H and O–H groups in total. The fourth-order valence-corrected chi connectivity index (χ4v) is 6.42. The minimum absolute atomic E-state index is 0.0520. The molecule has 0 aliphatic carbocycles. The maximum atomic E-state index is 14.4. The number of nitrogens with one attached hydrogen (secondary N) is 1. The molecule has 12 heteroatoms. The number of rotatable bonds is 13. The van der Waals surface area contributed by atoms with Crippen LogP contribution in [0.4, 0.5) is 5.69 Å². The van der Waals surface area contributed by atoms with E-state index in [4.69, 9.17) is 25.8 Å². The molecule has 2 amide bonds. The zero-order valence-corrected chi connectivity index (χ0v) is 28.6. The van der Waals surface area contributed by atoms with Gasteiger partial charge in [0.05, 0.1) is 31.9 Å². The Hall–Kier alpha value is -3.96. The molecule has 1 atom stereocenters. The average molecular weight is 660 g/mol. The highest BCUT2D eigenvalue weighted by Crippen LogP contribution is 2.37. The van der Waals surface area contributed by atoms with Gasteiger partial charge in [0.1, 0.15) is 18.3 Å². The largest absolute Gasteiger partial charge is 0.495 e. The predicted molar refractivity (Wildman–Crippen MR) is 176 cm³/mol. The molecule has 0 saturated heterocycles. The van der Waals surface area contributed by atoms with E-state index in [-0.39, 0.29) is 39.6 Å². The van der Waals surface area contributed by atoms with Crippen LogP contribution in [0.5, 0.6) is 17.2 Å². The van der Waals surface area contributed by atoms with Crippen molar-refractivity contribution in [3.05, 3.63) is 76.8 Å². The molecule has 0 fully saturated rings. The van der Waals surface area contributed by atoms with Gasteiger partial charge in [0.2, 0.25) is 11.8 Å². The Morgan fingerprint density at radius 2 is 1.53 bits per heavy atom. The van der Waals surface area contributed by atoms with Crippen LogP contribution in [0.25, 0.3) is 0 Å². The van der Waals surface area contributed by atoms with E-state index in [0.717, 1.165) is 15.4 Å². The third-order valence-corrected chi connectivity index (χ3v) is 9.11. The van der Waals surface area contributed by atoms with Crippen molar-refractivity contribution in [3.8, 4) is 17.2 Å². The van der Waals surface area contributed by atoms with Crippen molar-refractivity contribution in [3.63, 3.8) is 0 Å². The maximum Gasteiger partial charge on any atom is 0.265 e. The van der Waals surface area contributed by atoms with E-state index in [2.05, 4.69) is 5.32 Å². The number of sulfonamides is 1. The predicted octanol–water partition coefficient (Wildman–Crippen LogP) is 5.59. The summed E-state index contributed by atoms with van der Waals surface area (Å²) in [6, 6.07) is 15.3. The van der Waals surface area contributed by atoms with Crippen molar-refractivity contribution < 1.29 is 32.2 Å². The number of carbonyl (C=O) groups is 2. The number of aryl methyl sites for hydroxylation is 1. The molecule has 45 heavy (non-hydrogen) atoms. The second-order valence-electron chi connectivity index (χ2n) is 11.5. The zero-order chi connectivity index (χ0) is 33.5. The van der Waals surface area contributed by atoms with Crippen LogP contribution in [0.3, 0.4) is 0 Å². The topological polar surface area (TPSA) is 114 Å². The lowest BCUT2D eigenvalue weighted by molar-refractivity contribution is -0.141. The van der Waals surface area contributed by atoms with Gasteiger partial charge < -0.3 is 24.4 Å². The van der Waals surface area contributed by atoms with Crippen LogP contribution < -0.4 is 23.8 Å². The Labute approximate surface area is 271 Å². The van der Waals surface area contributed by atoms with Crippen LogP contribution in [0.2, 0.25) is 5.02 Å². The minimum atomic E-state index is -4.44. The molecule has 0 aliphatic heterocycles. The quantitative estimate of drug-likeness (QED) is 0.254. The van der Waals surface area contributed by atoms with Gasteiger partial charge in [0.15, 0.2) is 11.5 Å². The Bertz CT molecular complexity index is 1620. The molecule has 0 spiro atoms. The van der Waals surface area contributed by atoms with Crippen molar-refractivity contribution in [1.82, 2.24) is 10.2 Å². The van der Waals surface area contributed by atoms with Gasteiger partial charge >= 0.3 is 0 Å². The van der Waals surface area contributed by atoms with E-state index >= 15 is 0 Å². The smallest absolute Gasteiger partial charge is 0.265 e. The summed E-state index contributed by atoms with van der Waals surface area (Å²) in [5, 5.41) is 3.20. The number of carbonyl (C=O) groups excluding carboxylic acids is 2. The van der Waals surface area contributed by atoms with E-state index in [1.54, 1.807) is 6.07 Å². The number of anilines is 1. The highest BCUT2D eigenvalue weighted by atomic mass is 35.5. The van der Waals surface area contributed by atoms with Crippen molar-refractivity contribution in [2.24, 2.45) is 0 Å². The van der Waals surface area contributed by atoms with E-state index in [1.807, 2.05) is 58.9 Å². The molecule has 0 radical (unpaired) electrons. The van der Waals surface area contributed by atoms with E-state index in [9.17, 15) is 18.0 Å². The summed E-state index contributed by atoms with van der Waals surface area (Å²) in [6.45, 7) is 8.72. The molecule has 10 nitrogen and oxygen atoms in total. The maximum absolute atomic E-state index is 14.4. The summed E-state index contributed by atoms with van der Waals surface area (Å²) in [5.41, 5.74) is 1.24. The number of methoxy groups -OCH3 is 3. The lowest BCUT2D eigenvalue weighted by Crippen LogP contribution is -2.55. The molecule has 3 aromatic carbocycles. The molecule has 3 rings (SSSR count). The number of amides is 2. The highest BCUT2D eigenvalue weighted by molar-refractivity contribution is 7.92. The first-order valence-corrected chi connectivity index (χ1v) is 16.2. The molecule has 0 aliphatic rings. The summed E-state index contributed by atoms with van der Waals surface area (Å²) in [6.07, 6.45) is 0.294. The first kappa shape index (κ1) is 35.5. The van der Waals surface area contributed by atoms with Crippen molar-refractivity contribution >= 4 is 39.1 Å². The summed E-state index contributed by atoms with van der Waals surface area (Å²) < 4.78 is 45.9. The van der Waals surface area contributed by atoms with E-state index < -0.39 is 34.1 Å². The highest BCUT2D eigenvalue weighted by Gasteiger charge is 2.36. The second-order valence-corrected chi connectivity index (χ2v) is 13.8. The van der Waals surface area contributed by atoms with Crippen LogP contribution in [0.15, 0.2) is 65.6 Å². The Kier molecular flexibility index (Phi) is 11.7. The number of benzene rings is 3. The van der Waals surface area contributed by atoms with Crippen molar-refractivity contribution in [2.75, 3.05) is 32.2 Å². The molecule has 0 bridgehead atoms. The van der Waals surface area contributed by atoms with Crippen LogP contribution in [-0.4, -0.2) is 64.6 Å². The second kappa shape index (κ2) is 14.9. The van der Waals surface area contributed by atoms with Gasteiger partial charge in [-0.3, -0.25) is 13.9 Å². The van der Waals surface area contributed by atoms with Gasteiger partial charge in [0, 0.05) is 23.2 Å². The van der Waals surface area contributed by atoms with Gasteiger partial charge in [-0.2, -0.15) is 0 Å². The average Bonchev–Trinajstić information content (AvgIpc) is 2.99. The van der Waals surface area contributed by atoms with Crippen LogP contribution in [0, 0.1) is 6.92 Å². The van der Waals surface area contributed by atoms with Gasteiger partial charge in [0.25, 0.3) is 10.0 Å². The van der Waals surface area contributed by atoms with Crippen LogP contribution in [0.1, 0.15) is 45.2 Å². The first-order chi connectivity index (χ1) is 21.2. The summed E-state index contributed by atoms with van der Waals surface area (Å²) >= 11 is 6.34. The fourth-order valence-electron chi connectivity index (χ4n) is 4.82.